The van der Waals surface area contributed by atoms with Crippen LogP contribution in [0.25, 0.3) is 5.69 Å². The Morgan fingerprint density at radius 3 is 2.56 bits per heavy atom. The van der Waals surface area contributed by atoms with Crippen LogP contribution in [0.1, 0.15) is 5.56 Å². The van der Waals surface area contributed by atoms with Gasteiger partial charge in [-0.1, -0.05) is 35.9 Å². The van der Waals surface area contributed by atoms with Crippen molar-refractivity contribution in [2.75, 3.05) is 11.9 Å². The van der Waals surface area contributed by atoms with Crippen LogP contribution >= 0.6 is 11.6 Å². The number of hydrogen-bond acceptors (Lipinski definition) is 3. The number of rotatable bonds is 4. The Bertz CT molecular complexity index is 960. The summed E-state index contributed by atoms with van der Waals surface area (Å²) in [6.07, 6.45) is 1.44. The number of hydrogen-bond donors (Lipinski definition) is 0. The molecule has 0 unspecified atom stereocenters. The highest BCUT2D eigenvalue weighted by molar-refractivity contribution is 6.33. The van der Waals surface area contributed by atoms with E-state index in [4.69, 9.17) is 11.6 Å². The van der Waals surface area contributed by atoms with E-state index in [0.717, 1.165) is 6.07 Å². The number of aromatic nitrogens is 2. The zero-order valence-electron chi connectivity index (χ0n) is 13.3. The van der Waals surface area contributed by atoms with Crippen molar-refractivity contribution in [3.8, 4) is 5.69 Å². The second-order valence-electron chi connectivity index (χ2n) is 5.49. The summed E-state index contributed by atoms with van der Waals surface area (Å²) in [7, 11) is 1.65. The summed E-state index contributed by atoms with van der Waals surface area (Å²) in [5.74, 6) is -1.30. The van der Waals surface area contributed by atoms with E-state index in [9.17, 15) is 13.6 Å². The van der Waals surface area contributed by atoms with Crippen LogP contribution < -0.4 is 10.5 Å². The van der Waals surface area contributed by atoms with Gasteiger partial charge < -0.3 is 4.90 Å². The van der Waals surface area contributed by atoms with Crippen LogP contribution in [0.15, 0.2) is 59.5 Å². The van der Waals surface area contributed by atoms with Gasteiger partial charge in [-0.05, 0) is 18.2 Å². The summed E-state index contributed by atoms with van der Waals surface area (Å²) in [6, 6.07) is 12.2. The maximum absolute atomic E-state index is 13.8. The Hall–Kier alpha value is -2.73. The lowest BCUT2D eigenvalue weighted by atomic mass is 10.2. The van der Waals surface area contributed by atoms with Gasteiger partial charge >= 0.3 is 0 Å². The van der Waals surface area contributed by atoms with E-state index in [0.29, 0.717) is 11.4 Å². The van der Waals surface area contributed by atoms with Gasteiger partial charge in [0.25, 0.3) is 5.56 Å². The van der Waals surface area contributed by atoms with E-state index in [1.54, 1.807) is 36.2 Å². The molecule has 0 N–H and O–H groups in total. The molecule has 0 radical (unpaired) electrons. The van der Waals surface area contributed by atoms with Crippen LogP contribution in [0.3, 0.4) is 0 Å². The lowest BCUT2D eigenvalue weighted by molar-refractivity contribution is 0.571. The Kier molecular flexibility index (Phi) is 4.81. The summed E-state index contributed by atoms with van der Waals surface area (Å²) in [4.78, 5) is 14.1. The molecule has 4 nitrogen and oxygen atoms in total. The number of anilines is 1. The Labute approximate surface area is 147 Å². The molecule has 3 rings (SSSR count). The lowest BCUT2D eigenvalue weighted by Crippen LogP contribution is -2.26. The van der Waals surface area contributed by atoms with Crippen molar-refractivity contribution in [3.63, 3.8) is 0 Å². The fraction of sp³-hybridized carbons (Fsp3) is 0.111. The second kappa shape index (κ2) is 7.03. The smallest absolute Gasteiger partial charge is 0.292 e. The summed E-state index contributed by atoms with van der Waals surface area (Å²) >= 11 is 6.21. The number of nitrogens with zero attached hydrogens (tertiary/aromatic N) is 3. The van der Waals surface area contributed by atoms with Gasteiger partial charge in [0.15, 0.2) is 0 Å². The normalized spacial score (nSPS) is 10.7. The van der Waals surface area contributed by atoms with Crippen molar-refractivity contribution >= 4 is 17.3 Å². The molecule has 25 heavy (non-hydrogen) atoms. The lowest BCUT2D eigenvalue weighted by Gasteiger charge is -2.20. The third-order valence-corrected chi connectivity index (χ3v) is 4.09. The number of benzene rings is 2. The van der Waals surface area contributed by atoms with Gasteiger partial charge in [-0.2, -0.15) is 9.78 Å². The molecule has 0 aliphatic carbocycles. The largest absolute Gasteiger partial charge is 0.367 e. The van der Waals surface area contributed by atoms with Crippen molar-refractivity contribution in [1.29, 1.82) is 0 Å². The van der Waals surface area contributed by atoms with Crippen LogP contribution in [0.2, 0.25) is 5.02 Å². The molecule has 0 spiro atoms. The molecule has 0 atom stereocenters. The predicted molar refractivity (Wildman–Crippen MR) is 93.3 cm³/mol. The topological polar surface area (TPSA) is 38.1 Å². The minimum absolute atomic E-state index is 0.0242. The maximum atomic E-state index is 13.8. The van der Waals surface area contributed by atoms with Crippen molar-refractivity contribution in [2.24, 2.45) is 0 Å². The van der Waals surface area contributed by atoms with Crippen LogP contribution in [0.4, 0.5) is 14.5 Å². The molecule has 3 aromatic rings. The molecule has 0 saturated carbocycles. The minimum atomic E-state index is -0.659. The average molecular weight is 362 g/mol. The van der Waals surface area contributed by atoms with E-state index >= 15 is 0 Å². The number of para-hydroxylation sites is 1. The molecule has 0 amide bonds. The molecule has 2 aromatic carbocycles. The highest BCUT2D eigenvalue weighted by Gasteiger charge is 2.15. The Morgan fingerprint density at radius 1 is 1.16 bits per heavy atom. The minimum Gasteiger partial charge on any atom is -0.367 e. The second-order valence-corrected chi connectivity index (χ2v) is 5.87. The average Bonchev–Trinajstić information content (AvgIpc) is 2.60. The third kappa shape index (κ3) is 3.53. The summed E-state index contributed by atoms with van der Waals surface area (Å²) in [5, 5.41) is 4.11. The van der Waals surface area contributed by atoms with Gasteiger partial charge in [0.1, 0.15) is 16.7 Å². The first kappa shape index (κ1) is 17.1. The number of halogens is 3. The molecule has 1 heterocycles. The molecule has 1 aromatic heterocycles. The molecule has 0 bridgehead atoms. The zero-order valence-corrected chi connectivity index (χ0v) is 14.0. The van der Waals surface area contributed by atoms with E-state index < -0.39 is 17.2 Å². The Morgan fingerprint density at radius 2 is 1.88 bits per heavy atom. The molecule has 0 aliphatic rings. The highest BCUT2D eigenvalue weighted by Crippen LogP contribution is 2.23. The fourth-order valence-corrected chi connectivity index (χ4v) is 2.71. The monoisotopic (exact) mass is 361 g/mol. The summed E-state index contributed by atoms with van der Waals surface area (Å²) in [5.41, 5.74) is 0.764. The molecule has 128 valence electrons. The van der Waals surface area contributed by atoms with Crippen LogP contribution in [-0.4, -0.2) is 16.8 Å². The van der Waals surface area contributed by atoms with Gasteiger partial charge in [0.2, 0.25) is 0 Å². The summed E-state index contributed by atoms with van der Waals surface area (Å²) < 4.78 is 28.0. The van der Waals surface area contributed by atoms with Gasteiger partial charge in [-0.25, -0.2) is 8.78 Å². The van der Waals surface area contributed by atoms with Crippen LogP contribution in [-0.2, 0) is 6.54 Å². The van der Waals surface area contributed by atoms with Crippen molar-refractivity contribution < 1.29 is 8.78 Å². The first-order valence-electron chi connectivity index (χ1n) is 7.45. The van der Waals surface area contributed by atoms with E-state index in [1.807, 2.05) is 6.07 Å². The van der Waals surface area contributed by atoms with Crippen LogP contribution in [0.5, 0.6) is 0 Å². The molecule has 7 heteroatoms. The van der Waals surface area contributed by atoms with Crippen molar-refractivity contribution in [3.05, 3.63) is 87.3 Å². The standard InChI is InChI=1S/C18H14ClF2N3O/c1-23(11-12-7-8-13(20)9-15(12)21)16-10-22-24(18(25)17(16)19)14-5-3-2-4-6-14/h2-10H,11H2,1H3. The van der Waals surface area contributed by atoms with Gasteiger partial charge in [-0.15, -0.1) is 0 Å². The van der Waals surface area contributed by atoms with E-state index in [1.165, 1.54) is 23.0 Å². The van der Waals surface area contributed by atoms with Crippen molar-refractivity contribution in [1.82, 2.24) is 9.78 Å². The Balaban J connectivity index is 1.92. The first-order chi connectivity index (χ1) is 12.0. The first-order valence-corrected chi connectivity index (χ1v) is 7.83. The van der Waals surface area contributed by atoms with Crippen LogP contribution in [0, 0.1) is 11.6 Å². The SMILES string of the molecule is CN(Cc1ccc(F)cc1F)c1cnn(-c2ccccc2)c(=O)c1Cl. The zero-order chi connectivity index (χ0) is 18.0. The predicted octanol–water partition coefficient (Wildman–Crippen LogP) is 3.80. The van der Waals surface area contributed by atoms with Gasteiger partial charge in [0.05, 0.1) is 17.6 Å². The van der Waals surface area contributed by atoms with Gasteiger partial charge in [-0.3, -0.25) is 4.79 Å². The fourth-order valence-electron chi connectivity index (χ4n) is 2.43. The summed E-state index contributed by atoms with van der Waals surface area (Å²) in [6.45, 7) is 0.113. The molecular formula is C18H14ClF2N3O. The van der Waals surface area contributed by atoms with E-state index in [-0.39, 0.29) is 17.1 Å². The molecular weight excluding hydrogens is 348 g/mol. The highest BCUT2D eigenvalue weighted by atomic mass is 35.5. The molecule has 0 saturated heterocycles. The molecule has 0 fully saturated rings. The van der Waals surface area contributed by atoms with E-state index in [2.05, 4.69) is 5.10 Å². The molecule has 0 aliphatic heterocycles. The maximum Gasteiger partial charge on any atom is 0.292 e. The third-order valence-electron chi connectivity index (χ3n) is 3.74. The van der Waals surface area contributed by atoms with Gasteiger partial charge in [0, 0.05) is 25.2 Å². The van der Waals surface area contributed by atoms with Crippen molar-refractivity contribution in [2.45, 2.75) is 6.54 Å². The quantitative estimate of drug-likeness (QED) is 0.709.